The number of fused-ring (bicyclic) bond motifs is 1. The molecule has 0 aliphatic carbocycles. The van der Waals surface area contributed by atoms with Gasteiger partial charge in [-0.2, -0.15) is 0 Å². The van der Waals surface area contributed by atoms with E-state index in [-0.39, 0.29) is 11.7 Å². The lowest BCUT2D eigenvalue weighted by Crippen LogP contribution is -2.30. The molecule has 3 heteroatoms. The first-order chi connectivity index (χ1) is 13.7. The van der Waals surface area contributed by atoms with Gasteiger partial charge in [0, 0.05) is 18.5 Å². The van der Waals surface area contributed by atoms with Crippen LogP contribution in [-0.2, 0) is 13.1 Å². The molecule has 0 radical (unpaired) electrons. The molecule has 0 aliphatic rings. The highest BCUT2D eigenvalue weighted by molar-refractivity contribution is 6.03. The fraction of sp³-hybridized carbons (Fsp3) is 0.0800. The number of carbonyl (C=O) groups excluding carboxylic acids is 1. The average Bonchev–Trinajstić information content (AvgIpc) is 2.75. The standard InChI is InChI=1S/C25H21NO2/c27-24-22-14-8-7-13-21(22)15-16-23(24)25(28)26(17-19-9-3-1-4-10-19)18-20-11-5-2-6-12-20/h1-16,27H,17-18H2. The molecule has 0 saturated heterocycles. The van der Waals surface area contributed by atoms with Crippen molar-refractivity contribution >= 4 is 16.7 Å². The van der Waals surface area contributed by atoms with Gasteiger partial charge in [-0.05, 0) is 22.6 Å². The van der Waals surface area contributed by atoms with E-state index in [0.717, 1.165) is 16.5 Å². The summed E-state index contributed by atoms with van der Waals surface area (Å²) in [5.74, 6) is -0.148. The molecular weight excluding hydrogens is 346 g/mol. The summed E-state index contributed by atoms with van der Waals surface area (Å²) in [4.78, 5) is 15.2. The van der Waals surface area contributed by atoms with Gasteiger partial charge in [0.2, 0.25) is 0 Å². The predicted octanol–water partition coefficient (Wildman–Crippen LogP) is 5.39. The summed E-state index contributed by atoms with van der Waals surface area (Å²) in [6.07, 6.45) is 0. The van der Waals surface area contributed by atoms with Gasteiger partial charge in [-0.3, -0.25) is 4.79 Å². The zero-order valence-corrected chi connectivity index (χ0v) is 15.5. The van der Waals surface area contributed by atoms with Crippen LogP contribution in [0.5, 0.6) is 5.75 Å². The highest BCUT2D eigenvalue weighted by Gasteiger charge is 2.21. The Morgan fingerprint density at radius 2 is 1.21 bits per heavy atom. The molecule has 0 unspecified atom stereocenters. The van der Waals surface area contributed by atoms with E-state index in [1.807, 2.05) is 91.0 Å². The number of phenols is 1. The number of hydrogen-bond donors (Lipinski definition) is 1. The van der Waals surface area contributed by atoms with E-state index >= 15 is 0 Å². The lowest BCUT2D eigenvalue weighted by Gasteiger charge is -2.24. The second-order valence-corrected chi connectivity index (χ2v) is 6.82. The lowest BCUT2D eigenvalue weighted by molar-refractivity contribution is 0.0727. The molecule has 4 rings (SSSR count). The highest BCUT2D eigenvalue weighted by atomic mass is 16.3. The van der Waals surface area contributed by atoms with Gasteiger partial charge in [-0.1, -0.05) is 91.0 Å². The molecule has 0 fully saturated rings. The molecule has 0 atom stereocenters. The monoisotopic (exact) mass is 367 g/mol. The maximum Gasteiger partial charge on any atom is 0.258 e. The number of hydrogen-bond acceptors (Lipinski definition) is 2. The van der Waals surface area contributed by atoms with Gasteiger partial charge in [0.1, 0.15) is 5.75 Å². The third-order valence-corrected chi connectivity index (χ3v) is 4.85. The predicted molar refractivity (Wildman–Crippen MR) is 112 cm³/mol. The first-order valence-electron chi connectivity index (χ1n) is 9.30. The molecular formula is C25H21NO2. The van der Waals surface area contributed by atoms with Crippen LogP contribution in [0.2, 0.25) is 0 Å². The van der Waals surface area contributed by atoms with Crippen molar-refractivity contribution < 1.29 is 9.90 Å². The summed E-state index contributed by atoms with van der Waals surface area (Å²) in [5, 5.41) is 12.4. The quantitative estimate of drug-likeness (QED) is 0.514. The van der Waals surface area contributed by atoms with Crippen molar-refractivity contribution in [3.8, 4) is 5.75 Å². The van der Waals surface area contributed by atoms with Gasteiger partial charge >= 0.3 is 0 Å². The largest absolute Gasteiger partial charge is 0.506 e. The fourth-order valence-corrected chi connectivity index (χ4v) is 3.41. The van der Waals surface area contributed by atoms with Crippen molar-refractivity contribution in [1.29, 1.82) is 0 Å². The Morgan fingerprint density at radius 1 is 0.679 bits per heavy atom. The summed E-state index contributed by atoms with van der Waals surface area (Å²) < 4.78 is 0. The zero-order valence-electron chi connectivity index (χ0n) is 15.5. The number of aromatic hydroxyl groups is 1. The second-order valence-electron chi connectivity index (χ2n) is 6.82. The van der Waals surface area contributed by atoms with Crippen LogP contribution in [0.1, 0.15) is 21.5 Å². The van der Waals surface area contributed by atoms with Crippen LogP contribution in [0, 0.1) is 0 Å². The summed E-state index contributed by atoms with van der Waals surface area (Å²) in [6.45, 7) is 0.946. The number of benzene rings is 4. The summed E-state index contributed by atoms with van der Waals surface area (Å²) in [6, 6.07) is 30.9. The third kappa shape index (κ3) is 3.74. The van der Waals surface area contributed by atoms with E-state index < -0.39 is 0 Å². The molecule has 1 N–H and O–H groups in total. The van der Waals surface area contributed by atoms with Gasteiger partial charge in [0.25, 0.3) is 5.91 Å². The Kier molecular flexibility index (Phi) is 5.07. The van der Waals surface area contributed by atoms with Gasteiger partial charge in [-0.25, -0.2) is 0 Å². The number of nitrogens with zero attached hydrogens (tertiary/aromatic N) is 1. The van der Waals surface area contributed by atoms with Crippen molar-refractivity contribution in [3.05, 3.63) is 114 Å². The minimum Gasteiger partial charge on any atom is -0.506 e. The molecule has 138 valence electrons. The number of amides is 1. The molecule has 0 aromatic heterocycles. The van der Waals surface area contributed by atoms with E-state index in [0.29, 0.717) is 24.0 Å². The second kappa shape index (κ2) is 7.97. The maximum atomic E-state index is 13.4. The summed E-state index contributed by atoms with van der Waals surface area (Å²) in [7, 11) is 0. The topological polar surface area (TPSA) is 40.5 Å². The Balaban J connectivity index is 1.71. The summed E-state index contributed by atoms with van der Waals surface area (Å²) >= 11 is 0. The molecule has 0 bridgehead atoms. The minimum absolute atomic E-state index is 0.0363. The minimum atomic E-state index is -0.184. The Morgan fingerprint density at radius 3 is 1.82 bits per heavy atom. The van der Waals surface area contributed by atoms with E-state index in [1.165, 1.54) is 0 Å². The van der Waals surface area contributed by atoms with Crippen molar-refractivity contribution in [2.75, 3.05) is 0 Å². The third-order valence-electron chi connectivity index (χ3n) is 4.85. The van der Waals surface area contributed by atoms with Crippen LogP contribution >= 0.6 is 0 Å². The van der Waals surface area contributed by atoms with E-state index in [2.05, 4.69) is 0 Å². The Labute approximate surface area is 164 Å². The summed E-state index contributed by atoms with van der Waals surface area (Å²) in [5.41, 5.74) is 2.42. The van der Waals surface area contributed by atoms with E-state index in [9.17, 15) is 9.90 Å². The van der Waals surface area contributed by atoms with Gasteiger partial charge in [0.15, 0.2) is 0 Å². The molecule has 0 spiro atoms. The molecule has 1 amide bonds. The van der Waals surface area contributed by atoms with Crippen LogP contribution in [-0.4, -0.2) is 15.9 Å². The van der Waals surface area contributed by atoms with Gasteiger partial charge < -0.3 is 10.0 Å². The smallest absolute Gasteiger partial charge is 0.258 e. The number of phenolic OH excluding ortho intramolecular Hbond substituents is 1. The Hall–Kier alpha value is -3.59. The molecule has 4 aromatic carbocycles. The van der Waals surface area contributed by atoms with Crippen molar-refractivity contribution in [1.82, 2.24) is 4.90 Å². The average molecular weight is 367 g/mol. The molecule has 0 aliphatic heterocycles. The molecule has 28 heavy (non-hydrogen) atoms. The lowest BCUT2D eigenvalue weighted by atomic mass is 10.0. The Bertz CT molecular complexity index is 1050. The normalized spacial score (nSPS) is 10.7. The fourth-order valence-electron chi connectivity index (χ4n) is 3.41. The van der Waals surface area contributed by atoms with E-state index in [1.54, 1.807) is 11.0 Å². The van der Waals surface area contributed by atoms with Gasteiger partial charge in [-0.15, -0.1) is 0 Å². The van der Waals surface area contributed by atoms with Crippen LogP contribution in [0.15, 0.2) is 97.1 Å². The molecule has 0 saturated carbocycles. The molecule has 0 heterocycles. The molecule has 3 nitrogen and oxygen atoms in total. The van der Waals surface area contributed by atoms with Crippen LogP contribution in [0.3, 0.4) is 0 Å². The highest BCUT2D eigenvalue weighted by Crippen LogP contribution is 2.30. The van der Waals surface area contributed by atoms with Crippen molar-refractivity contribution in [3.63, 3.8) is 0 Å². The van der Waals surface area contributed by atoms with Crippen molar-refractivity contribution in [2.24, 2.45) is 0 Å². The first-order valence-corrected chi connectivity index (χ1v) is 9.30. The number of carbonyl (C=O) groups is 1. The zero-order chi connectivity index (χ0) is 19.3. The van der Waals surface area contributed by atoms with E-state index in [4.69, 9.17) is 0 Å². The van der Waals surface area contributed by atoms with Crippen molar-refractivity contribution in [2.45, 2.75) is 13.1 Å². The van der Waals surface area contributed by atoms with Crippen LogP contribution in [0.4, 0.5) is 0 Å². The maximum absolute atomic E-state index is 13.4. The van der Waals surface area contributed by atoms with Crippen LogP contribution in [0.25, 0.3) is 10.8 Å². The van der Waals surface area contributed by atoms with Gasteiger partial charge in [0.05, 0.1) is 5.56 Å². The molecule has 4 aromatic rings. The first kappa shape index (κ1) is 17.8. The SMILES string of the molecule is O=C(c1ccc2ccccc2c1O)N(Cc1ccccc1)Cc1ccccc1. The van der Waals surface area contributed by atoms with Crippen LogP contribution < -0.4 is 0 Å². The number of rotatable bonds is 5.